The molecule has 2 nitrogen and oxygen atoms in total. The highest BCUT2D eigenvalue weighted by Crippen LogP contribution is 2.12. The van der Waals surface area contributed by atoms with Crippen LogP contribution in [-0.4, -0.2) is 38.1 Å². The maximum atomic E-state index is 3.89. The summed E-state index contributed by atoms with van der Waals surface area (Å²) in [6.45, 7) is 10.8. The Morgan fingerprint density at radius 3 is 2.92 bits per heavy atom. The van der Waals surface area contributed by atoms with Gasteiger partial charge in [-0.2, -0.15) is 0 Å². The molecule has 0 amide bonds. The second kappa shape index (κ2) is 5.40. The fourth-order valence-electron chi connectivity index (χ4n) is 1.80. The van der Waals surface area contributed by atoms with E-state index in [4.69, 9.17) is 0 Å². The summed E-state index contributed by atoms with van der Waals surface area (Å²) in [4.78, 5) is 2.41. The van der Waals surface area contributed by atoms with Crippen LogP contribution in [0, 0.1) is 5.92 Å². The highest BCUT2D eigenvalue weighted by atomic mass is 15.1. The number of likely N-dealkylation sites (tertiary alicyclic amines) is 1. The Bertz CT molecular complexity index is 165. The normalized spacial score (nSPS) is 23.7. The Morgan fingerprint density at radius 2 is 2.38 bits per heavy atom. The van der Waals surface area contributed by atoms with Gasteiger partial charge in [-0.1, -0.05) is 5.57 Å². The van der Waals surface area contributed by atoms with Crippen LogP contribution < -0.4 is 5.32 Å². The maximum absolute atomic E-state index is 3.89. The van der Waals surface area contributed by atoms with E-state index in [1.165, 1.54) is 31.6 Å². The molecule has 1 aliphatic heterocycles. The van der Waals surface area contributed by atoms with E-state index in [1.54, 1.807) is 0 Å². The average molecular weight is 182 g/mol. The molecule has 76 valence electrons. The Labute approximate surface area is 82.0 Å². The van der Waals surface area contributed by atoms with Gasteiger partial charge in [0.15, 0.2) is 0 Å². The van der Waals surface area contributed by atoms with Crippen molar-refractivity contribution < 1.29 is 0 Å². The lowest BCUT2D eigenvalue weighted by molar-refractivity contribution is 0.388. The van der Waals surface area contributed by atoms with E-state index < -0.39 is 0 Å². The molecule has 1 heterocycles. The van der Waals surface area contributed by atoms with E-state index in [9.17, 15) is 0 Å². The van der Waals surface area contributed by atoms with Crippen LogP contribution in [0.3, 0.4) is 0 Å². The number of hydrogen-bond acceptors (Lipinski definition) is 2. The van der Waals surface area contributed by atoms with Gasteiger partial charge in [-0.15, -0.1) is 6.58 Å². The van der Waals surface area contributed by atoms with Crippen molar-refractivity contribution >= 4 is 0 Å². The van der Waals surface area contributed by atoms with Crippen LogP contribution in [0.5, 0.6) is 0 Å². The van der Waals surface area contributed by atoms with Crippen LogP contribution in [-0.2, 0) is 0 Å². The van der Waals surface area contributed by atoms with Crippen molar-refractivity contribution in [1.82, 2.24) is 10.2 Å². The molecule has 2 heteroatoms. The molecule has 0 spiro atoms. The van der Waals surface area contributed by atoms with Gasteiger partial charge in [0.25, 0.3) is 0 Å². The summed E-state index contributed by atoms with van der Waals surface area (Å²) in [5.41, 5.74) is 1.27. The number of nitrogens with zero attached hydrogens (tertiary/aromatic N) is 1. The van der Waals surface area contributed by atoms with Gasteiger partial charge in [0.1, 0.15) is 0 Å². The molecule has 1 atom stereocenters. The van der Waals surface area contributed by atoms with Gasteiger partial charge in [0.05, 0.1) is 0 Å². The zero-order valence-electron chi connectivity index (χ0n) is 8.97. The first-order chi connectivity index (χ1) is 6.18. The first kappa shape index (κ1) is 10.7. The molecule has 0 aromatic heterocycles. The van der Waals surface area contributed by atoms with Crippen molar-refractivity contribution in [1.29, 1.82) is 0 Å². The monoisotopic (exact) mass is 182 g/mol. The van der Waals surface area contributed by atoms with Gasteiger partial charge in [0.2, 0.25) is 0 Å². The van der Waals surface area contributed by atoms with E-state index in [0.29, 0.717) is 0 Å². The standard InChI is InChI=1S/C11H22N2/c1-10(2)4-6-12-8-11-5-7-13(3)9-11/h11-12H,1,4-9H2,2-3H3. The topological polar surface area (TPSA) is 15.3 Å². The minimum absolute atomic E-state index is 0.870. The molecule has 1 fully saturated rings. The van der Waals surface area contributed by atoms with Crippen LogP contribution >= 0.6 is 0 Å². The summed E-state index contributed by atoms with van der Waals surface area (Å²) in [7, 11) is 2.20. The Kier molecular flexibility index (Phi) is 4.46. The largest absolute Gasteiger partial charge is 0.316 e. The smallest absolute Gasteiger partial charge is 0.00192 e. The summed E-state index contributed by atoms with van der Waals surface area (Å²) in [6.07, 6.45) is 2.47. The number of nitrogens with one attached hydrogen (secondary N) is 1. The van der Waals surface area contributed by atoms with Crippen LogP contribution in [0.1, 0.15) is 19.8 Å². The summed E-state index contributed by atoms with van der Waals surface area (Å²) < 4.78 is 0. The minimum atomic E-state index is 0.870. The van der Waals surface area contributed by atoms with Crippen molar-refractivity contribution in [2.45, 2.75) is 19.8 Å². The summed E-state index contributed by atoms with van der Waals surface area (Å²) >= 11 is 0. The second-order valence-corrected chi connectivity index (χ2v) is 4.33. The van der Waals surface area contributed by atoms with Gasteiger partial charge in [0, 0.05) is 6.54 Å². The van der Waals surface area contributed by atoms with Crippen molar-refractivity contribution in [3.63, 3.8) is 0 Å². The molecular formula is C11H22N2. The zero-order chi connectivity index (χ0) is 9.68. The third-order valence-electron chi connectivity index (χ3n) is 2.65. The first-order valence-electron chi connectivity index (χ1n) is 5.22. The maximum Gasteiger partial charge on any atom is 0.00192 e. The Hall–Kier alpha value is -0.340. The average Bonchev–Trinajstić information content (AvgIpc) is 2.45. The van der Waals surface area contributed by atoms with Crippen LogP contribution in [0.2, 0.25) is 0 Å². The molecule has 0 aliphatic carbocycles. The zero-order valence-corrected chi connectivity index (χ0v) is 8.97. The molecule has 13 heavy (non-hydrogen) atoms. The SMILES string of the molecule is C=C(C)CCNCC1CCN(C)C1. The quantitative estimate of drug-likeness (QED) is 0.512. The lowest BCUT2D eigenvalue weighted by atomic mass is 10.1. The third kappa shape index (κ3) is 4.44. The molecule has 1 saturated heterocycles. The lowest BCUT2D eigenvalue weighted by Crippen LogP contribution is -2.25. The number of rotatable bonds is 5. The minimum Gasteiger partial charge on any atom is -0.316 e. The van der Waals surface area contributed by atoms with E-state index in [2.05, 4.69) is 30.8 Å². The summed E-state index contributed by atoms with van der Waals surface area (Å²) in [5, 5.41) is 3.49. The number of hydrogen-bond donors (Lipinski definition) is 1. The molecule has 0 saturated carbocycles. The first-order valence-corrected chi connectivity index (χ1v) is 5.22. The molecule has 0 bridgehead atoms. The molecule has 1 aliphatic rings. The second-order valence-electron chi connectivity index (χ2n) is 4.33. The van der Waals surface area contributed by atoms with Gasteiger partial charge < -0.3 is 10.2 Å². The predicted octanol–water partition coefficient (Wildman–Crippen LogP) is 1.49. The van der Waals surface area contributed by atoms with E-state index in [1.807, 2.05) is 0 Å². The van der Waals surface area contributed by atoms with Crippen molar-refractivity contribution in [2.24, 2.45) is 5.92 Å². The molecule has 0 aromatic rings. The Morgan fingerprint density at radius 1 is 1.62 bits per heavy atom. The molecular weight excluding hydrogens is 160 g/mol. The molecule has 1 rings (SSSR count). The summed E-state index contributed by atoms with van der Waals surface area (Å²) in [6, 6.07) is 0. The summed E-state index contributed by atoms with van der Waals surface area (Å²) in [5.74, 6) is 0.870. The van der Waals surface area contributed by atoms with Crippen LogP contribution in [0.15, 0.2) is 12.2 Å². The fourth-order valence-corrected chi connectivity index (χ4v) is 1.80. The van der Waals surface area contributed by atoms with E-state index in [0.717, 1.165) is 18.9 Å². The van der Waals surface area contributed by atoms with Crippen LogP contribution in [0.4, 0.5) is 0 Å². The predicted molar refractivity (Wildman–Crippen MR) is 57.9 cm³/mol. The molecule has 0 aromatic carbocycles. The van der Waals surface area contributed by atoms with Crippen molar-refractivity contribution in [3.8, 4) is 0 Å². The van der Waals surface area contributed by atoms with E-state index >= 15 is 0 Å². The molecule has 1 N–H and O–H groups in total. The van der Waals surface area contributed by atoms with Gasteiger partial charge >= 0.3 is 0 Å². The Balaban J connectivity index is 1.97. The lowest BCUT2D eigenvalue weighted by Gasteiger charge is -2.11. The van der Waals surface area contributed by atoms with Gasteiger partial charge in [-0.05, 0) is 52.4 Å². The highest BCUT2D eigenvalue weighted by Gasteiger charge is 2.18. The molecule has 0 radical (unpaired) electrons. The third-order valence-corrected chi connectivity index (χ3v) is 2.65. The van der Waals surface area contributed by atoms with Crippen molar-refractivity contribution in [2.75, 3.05) is 33.2 Å². The van der Waals surface area contributed by atoms with Gasteiger partial charge in [-0.25, -0.2) is 0 Å². The molecule has 1 unspecified atom stereocenters. The van der Waals surface area contributed by atoms with Crippen LogP contribution in [0.25, 0.3) is 0 Å². The van der Waals surface area contributed by atoms with Crippen molar-refractivity contribution in [3.05, 3.63) is 12.2 Å². The van der Waals surface area contributed by atoms with Gasteiger partial charge in [-0.3, -0.25) is 0 Å². The highest BCUT2D eigenvalue weighted by molar-refractivity contribution is 4.88. The van der Waals surface area contributed by atoms with E-state index in [-0.39, 0.29) is 0 Å². The fraction of sp³-hybridized carbons (Fsp3) is 0.818.